The Kier molecular flexibility index (Phi) is 6.17. The summed E-state index contributed by atoms with van der Waals surface area (Å²) in [5, 5.41) is 8.98. The lowest BCUT2D eigenvalue weighted by Gasteiger charge is -2.13. The van der Waals surface area contributed by atoms with Crippen molar-refractivity contribution in [2.75, 3.05) is 12.4 Å². The van der Waals surface area contributed by atoms with Crippen LogP contribution in [0.5, 0.6) is 0 Å². The van der Waals surface area contributed by atoms with Crippen LogP contribution in [0.15, 0.2) is 0 Å². The maximum absolute atomic E-state index is 8.47. The van der Waals surface area contributed by atoms with Crippen LogP contribution in [0.4, 0.5) is 0 Å². The fourth-order valence-corrected chi connectivity index (χ4v) is 1.46. The molecule has 0 spiro atoms. The molecule has 0 saturated carbocycles. The zero-order valence-electron chi connectivity index (χ0n) is 6.71. The van der Waals surface area contributed by atoms with Gasteiger partial charge in [-0.25, -0.2) is 0 Å². The highest BCUT2D eigenvalue weighted by Crippen LogP contribution is 2.13. The Morgan fingerprint density at radius 2 is 2.10 bits per heavy atom. The van der Waals surface area contributed by atoms with Crippen LogP contribution in [0.25, 0.3) is 0 Å². The van der Waals surface area contributed by atoms with Gasteiger partial charge in [-0.1, -0.05) is 6.92 Å². The molecule has 0 aromatic rings. The molecule has 2 atom stereocenters. The molecule has 0 amide bonds. The molecule has 3 N–H and O–H groups in total. The first-order valence-electron chi connectivity index (χ1n) is 3.66. The summed E-state index contributed by atoms with van der Waals surface area (Å²) < 4.78 is 0. The van der Waals surface area contributed by atoms with Crippen molar-refractivity contribution >= 4 is 11.8 Å². The first-order valence-corrected chi connectivity index (χ1v) is 4.71. The van der Waals surface area contributed by atoms with Crippen LogP contribution in [0, 0.1) is 0 Å². The Hall–Kier alpha value is 0.270. The van der Waals surface area contributed by atoms with Crippen molar-refractivity contribution in [3.05, 3.63) is 0 Å². The van der Waals surface area contributed by atoms with Gasteiger partial charge in [0.05, 0.1) is 0 Å². The average Bonchev–Trinajstić information content (AvgIpc) is 1.88. The summed E-state index contributed by atoms with van der Waals surface area (Å²) in [4.78, 5) is 0. The minimum absolute atomic E-state index is 0.253. The van der Waals surface area contributed by atoms with Gasteiger partial charge in [0.15, 0.2) is 0 Å². The monoisotopic (exact) mass is 163 g/mol. The molecule has 2 nitrogen and oxygen atoms in total. The van der Waals surface area contributed by atoms with E-state index in [1.165, 1.54) is 0 Å². The topological polar surface area (TPSA) is 46.2 Å². The van der Waals surface area contributed by atoms with Gasteiger partial charge in [0, 0.05) is 17.9 Å². The van der Waals surface area contributed by atoms with E-state index >= 15 is 0 Å². The lowest BCUT2D eigenvalue weighted by atomic mass is 10.3. The van der Waals surface area contributed by atoms with E-state index in [1.54, 1.807) is 0 Å². The van der Waals surface area contributed by atoms with Crippen molar-refractivity contribution in [3.8, 4) is 0 Å². The second-order valence-electron chi connectivity index (χ2n) is 2.51. The molecule has 0 heterocycles. The van der Waals surface area contributed by atoms with E-state index in [9.17, 15) is 0 Å². The van der Waals surface area contributed by atoms with Crippen LogP contribution in [0.2, 0.25) is 0 Å². The molecular formula is C7H17NOS. The lowest BCUT2D eigenvalue weighted by molar-refractivity contribution is 0.296. The average molecular weight is 163 g/mol. The maximum Gasteiger partial charge on any atom is 0.0438 e. The molecule has 0 aromatic heterocycles. The molecule has 0 aliphatic heterocycles. The SMILES string of the molecule is CC(N)C(C)SCCCO. The van der Waals surface area contributed by atoms with Crippen molar-refractivity contribution in [3.63, 3.8) is 0 Å². The summed E-state index contributed by atoms with van der Waals surface area (Å²) in [6, 6.07) is 0.253. The number of nitrogens with two attached hydrogens (primary N) is 1. The molecule has 10 heavy (non-hydrogen) atoms. The van der Waals surface area contributed by atoms with Gasteiger partial charge in [-0.3, -0.25) is 0 Å². The van der Waals surface area contributed by atoms with Crippen molar-refractivity contribution in [1.29, 1.82) is 0 Å². The van der Waals surface area contributed by atoms with Crippen LogP contribution in [-0.2, 0) is 0 Å². The first kappa shape index (κ1) is 10.3. The zero-order chi connectivity index (χ0) is 7.98. The van der Waals surface area contributed by atoms with Gasteiger partial charge >= 0.3 is 0 Å². The third-order valence-electron chi connectivity index (χ3n) is 1.42. The minimum atomic E-state index is 0.253. The number of aliphatic hydroxyl groups is 1. The van der Waals surface area contributed by atoms with Gasteiger partial charge in [0.1, 0.15) is 0 Å². The van der Waals surface area contributed by atoms with Gasteiger partial charge in [-0.15, -0.1) is 0 Å². The van der Waals surface area contributed by atoms with E-state index in [2.05, 4.69) is 6.92 Å². The third kappa shape index (κ3) is 5.09. The summed E-state index contributed by atoms with van der Waals surface area (Å²) >= 11 is 1.82. The van der Waals surface area contributed by atoms with E-state index in [1.807, 2.05) is 18.7 Å². The number of hydrogen-bond acceptors (Lipinski definition) is 3. The van der Waals surface area contributed by atoms with Gasteiger partial charge in [0.2, 0.25) is 0 Å². The normalized spacial score (nSPS) is 16.8. The second kappa shape index (κ2) is 6.01. The quantitative estimate of drug-likeness (QED) is 0.590. The molecule has 3 heteroatoms. The van der Waals surface area contributed by atoms with Gasteiger partial charge in [0.25, 0.3) is 0 Å². The number of rotatable bonds is 5. The Morgan fingerprint density at radius 3 is 2.50 bits per heavy atom. The number of aliphatic hydroxyl groups excluding tert-OH is 1. The van der Waals surface area contributed by atoms with Crippen LogP contribution < -0.4 is 5.73 Å². The Labute approximate surface area is 67.2 Å². The van der Waals surface area contributed by atoms with Crippen LogP contribution >= 0.6 is 11.8 Å². The number of hydrogen-bond donors (Lipinski definition) is 2. The Morgan fingerprint density at radius 1 is 1.50 bits per heavy atom. The molecule has 0 bridgehead atoms. The molecule has 62 valence electrons. The molecule has 0 fully saturated rings. The summed E-state index contributed by atoms with van der Waals surface area (Å²) in [7, 11) is 0. The molecule has 0 aromatic carbocycles. The Bertz CT molecular complexity index is 78.0. The molecule has 0 saturated heterocycles. The second-order valence-corrected chi connectivity index (χ2v) is 4.00. The number of thioether (sulfide) groups is 1. The minimum Gasteiger partial charge on any atom is -0.396 e. The molecular weight excluding hydrogens is 146 g/mol. The van der Waals surface area contributed by atoms with Gasteiger partial charge < -0.3 is 10.8 Å². The fourth-order valence-electron chi connectivity index (χ4n) is 0.486. The maximum atomic E-state index is 8.47. The van der Waals surface area contributed by atoms with Crippen molar-refractivity contribution in [1.82, 2.24) is 0 Å². The van der Waals surface area contributed by atoms with E-state index in [4.69, 9.17) is 10.8 Å². The van der Waals surface area contributed by atoms with E-state index in [-0.39, 0.29) is 6.04 Å². The molecule has 0 rings (SSSR count). The van der Waals surface area contributed by atoms with E-state index in [0.29, 0.717) is 11.9 Å². The highest BCUT2D eigenvalue weighted by molar-refractivity contribution is 7.99. The standard InChI is InChI=1S/C7H17NOS/c1-6(8)7(2)10-5-3-4-9/h6-7,9H,3-5,8H2,1-2H3. The Balaban J connectivity index is 3.13. The predicted molar refractivity (Wildman–Crippen MR) is 47.3 cm³/mol. The predicted octanol–water partition coefficient (Wildman–Crippen LogP) is 0.838. The van der Waals surface area contributed by atoms with Gasteiger partial charge in [-0.2, -0.15) is 11.8 Å². The van der Waals surface area contributed by atoms with Crippen molar-refractivity contribution in [2.24, 2.45) is 5.73 Å². The highest BCUT2D eigenvalue weighted by Gasteiger charge is 2.05. The van der Waals surface area contributed by atoms with Crippen molar-refractivity contribution < 1.29 is 5.11 Å². The van der Waals surface area contributed by atoms with Gasteiger partial charge in [-0.05, 0) is 19.1 Å². The summed E-state index contributed by atoms with van der Waals surface area (Å²) in [6.45, 7) is 4.42. The van der Waals surface area contributed by atoms with E-state index < -0.39 is 0 Å². The van der Waals surface area contributed by atoms with Crippen LogP contribution in [0.1, 0.15) is 20.3 Å². The summed E-state index contributed by atoms with van der Waals surface area (Å²) in [5.41, 5.74) is 5.63. The molecule has 0 aliphatic rings. The highest BCUT2D eigenvalue weighted by atomic mass is 32.2. The molecule has 2 unspecified atom stereocenters. The molecule has 0 aliphatic carbocycles. The van der Waals surface area contributed by atoms with Crippen molar-refractivity contribution in [2.45, 2.75) is 31.6 Å². The first-order chi connectivity index (χ1) is 4.68. The fraction of sp³-hybridized carbons (Fsp3) is 1.00. The summed E-state index contributed by atoms with van der Waals surface area (Å²) in [6.07, 6.45) is 0.877. The lowest BCUT2D eigenvalue weighted by Crippen LogP contribution is -2.26. The zero-order valence-corrected chi connectivity index (χ0v) is 7.53. The largest absolute Gasteiger partial charge is 0.396 e. The molecule has 0 radical (unpaired) electrons. The summed E-state index contributed by atoms with van der Waals surface area (Å²) in [5.74, 6) is 1.01. The van der Waals surface area contributed by atoms with Crippen LogP contribution in [0.3, 0.4) is 0 Å². The van der Waals surface area contributed by atoms with E-state index in [0.717, 1.165) is 12.2 Å². The third-order valence-corrected chi connectivity index (χ3v) is 2.90. The van der Waals surface area contributed by atoms with Crippen LogP contribution in [-0.4, -0.2) is 28.8 Å². The smallest absolute Gasteiger partial charge is 0.0438 e.